The molecule has 0 radical (unpaired) electrons. The molecular weight excluding hydrogens is 506 g/mol. The first kappa shape index (κ1) is 29.0. The number of aromatic nitrogens is 3. The molecular formula is C20H22F6N4O6. The molecule has 2 aliphatic rings. The zero-order chi connectivity index (χ0) is 27.1. The van der Waals surface area contributed by atoms with E-state index in [4.69, 9.17) is 29.1 Å². The van der Waals surface area contributed by atoms with E-state index in [2.05, 4.69) is 26.1 Å². The highest BCUT2D eigenvalue weighted by atomic mass is 19.4. The fourth-order valence-electron chi connectivity index (χ4n) is 3.59. The number of carbonyl (C=O) groups is 2. The van der Waals surface area contributed by atoms with Gasteiger partial charge in [-0.25, -0.2) is 9.59 Å². The SMILES string of the molecule is Cc1noc([C@H]2C[C@H]3OCC[C@H]3N(Cc3ccccn3)C2)n1.O=C(O)C(F)(F)F.O=C(O)C(F)(F)F. The number of ether oxygens (including phenoxy) is 1. The first-order chi connectivity index (χ1) is 16.7. The quantitative estimate of drug-likeness (QED) is 0.571. The Bertz CT molecular complexity index is 977. The number of fused-ring (bicyclic) bond motifs is 1. The van der Waals surface area contributed by atoms with Crippen molar-refractivity contribution >= 4 is 11.9 Å². The van der Waals surface area contributed by atoms with Gasteiger partial charge in [0, 0.05) is 31.9 Å². The van der Waals surface area contributed by atoms with Gasteiger partial charge in [0.1, 0.15) is 0 Å². The molecule has 4 heterocycles. The van der Waals surface area contributed by atoms with Crippen LogP contribution in [0.1, 0.15) is 36.2 Å². The number of hydrogen-bond acceptors (Lipinski definition) is 8. The zero-order valence-corrected chi connectivity index (χ0v) is 18.7. The van der Waals surface area contributed by atoms with E-state index in [0.717, 1.165) is 44.1 Å². The van der Waals surface area contributed by atoms with Gasteiger partial charge in [-0.2, -0.15) is 31.3 Å². The molecule has 0 bridgehead atoms. The predicted octanol–water partition coefficient (Wildman–Crippen LogP) is 3.19. The summed E-state index contributed by atoms with van der Waals surface area (Å²) in [5.41, 5.74) is 1.09. The molecule has 2 fully saturated rings. The summed E-state index contributed by atoms with van der Waals surface area (Å²) in [6.07, 6.45) is -6.01. The van der Waals surface area contributed by atoms with Crippen molar-refractivity contribution in [1.29, 1.82) is 0 Å². The molecule has 0 spiro atoms. The van der Waals surface area contributed by atoms with Crippen molar-refractivity contribution < 1.29 is 55.4 Å². The lowest BCUT2D eigenvalue weighted by atomic mass is 9.89. The van der Waals surface area contributed by atoms with Crippen molar-refractivity contribution in [2.24, 2.45) is 0 Å². The summed E-state index contributed by atoms with van der Waals surface area (Å²) in [7, 11) is 0. The number of aryl methyl sites for hydroxylation is 1. The van der Waals surface area contributed by atoms with Crippen LogP contribution in [0.3, 0.4) is 0 Å². The molecule has 200 valence electrons. The minimum atomic E-state index is -5.08. The van der Waals surface area contributed by atoms with Crippen LogP contribution in [-0.2, 0) is 20.9 Å². The summed E-state index contributed by atoms with van der Waals surface area (Å²) < 4.78 is 74.8. The van der Waals surface area contributed by atoms with Crippen molar-refractivity contribution in [2.75, 3.05) is 13.2 Å². The molecule has 2 aromatic rings. The molecule has 2 N–H and O–H groups in total. The van der Waals surface area contributed by atoms with Gasteiger partial charge < -0.3 is 19.5 Å². The third kappa shape index (κ3) is 8.75. The summed E-state index contributed by atoms with van der Waals surface area (Å²) in [6, 6.07) is 6.53. The molecule has 3 atom stereocenters. The van der Waals surface area contributed by atoms with Crippen LogP contribution < -0.4 is 0 Å². The molecule has 10 nitrogen and oxygen atoms in total. The summed E-state index contributed by atoms with van der Waals surface area (Å²) in [5, 5.41) is 18.2. The Labute approximate surface area is 199 Å². The fraction of sp³-hybridized carbons (Fsp3) is 0.550. The van der Waals surface area contributed by atoms with Crippen molar-refractivity contribution in [2.45, 2.75) is 56.7 Å². The van der Waals surface area contributed by atoms with E-state index in [1.54, 1.807) is 0 Å². The number of aliphatic carboxylic acids is 2. The number of carboxylic acid groups (broad SMARTS) is 2. The van der Waals surface area contributed by atoms with E-state index >= 15 is 0 Å². The number of rotatable bonds is 3. The molecule has 16 heteroatoms. The Morgan fingerprint density at radius 3 is 2.19 bits per heavy atom. The zero-order valence-electron chi connectivity index (χ0n) is 18.7. The molecule has 0 aliphatic carbocycles. The summed E-state index contributed by atoms with van der Waals surface area (Å²) in [6.45, 7) is 4.46. The molecule has 2 aromatic heterocycles. The Hall–Kier alpha value is -3.27. The summed E-state index contributed by atoms with van der Waals surface area (Å²) in [5.74, 6) is -3.84. The van der Waals surface area contributed by atoms with Crippen LogP contribution >= 0.6 is 0 Å². The summed E-state index contributed by atoms with van der Waals surface area (Å²) >= 11 is 0. The minimum absolute atomic E-state index is 0.240. The molecule has 2 aliphatic heterocycles. The molecule has 4 rings (SSSR count). The van der Waals surface area contributed by atoms with E-state index < -0.39 is 24.3 Å². The number of alkyl halides is 6. The first-order valence-corrected chi connectivity index (χ1v) is 10.3. The van der Waals surface area contributed by atoms with Crippen molar-refractivity contribution in [3.05, 3.63) is 41.8 Å². The second-order valence-electron chi connectivity index (χ2n) is 7.73. The van der Waals surface area contributed by atoms with Crippen LogP contribution in [0.5, 0.6) is 0 Å². The lowest BCUT2D eigenvalue weighted by molar-refractivity contribution is -0.193. The van der Waals surface area contributed by atoms with Gasteiger partial charge in [-0.05, 0) is 31.9 Å². The van der Waals surface area contributed by atoms with Gasteiger partial charge in [-0.15, -0.1) is 0 Å². The monoisotopic (exact) mass is 528 g/mol. The lowest BCUT2D eigenvalue weighted by Crippen LogP contribution is -2.48. The fourth-order valence-corrected chi connectivity index (χ4v) is 3.59. The number of likely N-dealkylation sites (tertiary alicyclic amines) is 1. The maximum atomic E-state index is 10.6. The largest absolute Gasteiger partial charge is 0.490 e. The van der Waals surface area contributed by atoms with Crippen molar-refractivity contribution in [3.8, 4) is 0 Å². The molecule has 0 aromatic carbocycles. The predicted molar refractivity (Wildman–Crippen MR) is 107 cm³/mol. The number of hydrogen-bond donors (Lipinski definition) is 2. The number of piperidine rings is 1. The van der Waals surface area contributed by atoms with Gasteiger partial charge in [-0.3, -0.25) is 9.88 Å². The van der Waals surface area contributed by atoms with Gasteiger partial charge in [0.15, 0.2) is 5.82 Å². The Morgan fingerprint density at radius 1 is 1.11 bits per heavy atom. The van der Waals surface area contributed by atoms with E-state index in [9.17, 15) is 26.3 Å². The number of carboxylic acids is 2. The highest BCUT2D eigenvalue weighted by Crippen LogP contribution is 2.36. The normalized spacial score (nSPS) is 21.9. The van der Waals surface area contributed by atoms with Gasteiger partial charge in [0.25, 0.3) is 0 Å². The Morgan fingerprint density at radius 2 is 1.72 bits per heavy atom. The van der Waals surface area contributed by atoms with Crippen LogP contribution in [0.4, 0.5) is 26.3 Å². The number of nitrogens with zero attached hydrogens (tertiary/aromatic N) is 4. The second kappa shape index (κ2) is 12.1. The smallest absolute Gasteiger partial charge is 0.475 e. The maximum absolute atomic E-state index is 10.6. The highest BCUT2D eigenvalue weighted by Gasteiger charge is 2.42. The lowest BCUT2D eigenvalue weighted by Gasteiger charge is -2.39. The van der Waals surface area contributed by atoms with Gasteiger partial charge in [0.2, 0.25) is 5.89 Å². The topological polar surface area (TPSA) is 139 Å². The average Bonchev–Trinajstić information content (AvgIpc) is 3.43. The highest BCUT2D eigenvalue weighted by molar-refractivity contribution is 5.73. The van der Waals surface area contributed by atoms with Crippen LogP contribution in [0.15, 0.2) is 28.9 Å². The molecule has 0 amide bonds. The van der Waals surface area contributed by atoms with Crippen LogP contribution in [-0.4, -0.2) is 79.8 Å². The third-order valence-corrected chi connectivity index (χ3v) is 5.08. The summed E-state index contributed by atoms with van der Waals surface area (Å²) in [4.78, 5) is 29.1. The van der Waals surface area contributed by atoms with Crippen LogP contribution in [0.2, 0.25) is 0 Å². The molecule has 0 saturated carbocycles. The minimum Gasteiger partial charge on any atom is -0.475 e. The second-order valence-corrected chi connectivity index (χ2v) is 7.73. The molecule has 2 saturated heterocycles. The van der Waals surface area contributed by atoms with Crippen molar-refractivity contribution in [1.82, 2.24) is 20.0 Å². The van der Waals surface area contributed by atoms with E-state index in [-0.39, 0.29) is 12.0 Å². The maximum Gasteiger partial charge on any atom is 0.490 e. The van der Waals surface area contributed by atoms with E-state index in [0.29, 0.717) is 11.9 Å². The third-order valence-electron chi connectivity index (χ3n) is 5.08. The molecule has 0 unspecified atom stereocenters. The van der Waals surface area contributed by atoms with Crippen LogP contribution in [0.25, 0.3) is 0 Å². The standard InChI is InChI=1S/C16H20N4O2.2C2HF3O2/c1-11-18-16(22-19-11)12-8-15-14(5-7-21-15)20(9-12)10-13-4-2-3-6-17-13;2*3-2(4,5)1(6)7/h2-4,6,12,14-15H,5,7-10H2,1H3;2*(H,6,7)/t12-,14+,15+;;/m0../s1. The number of pyridine rings is 1. The Kier molecular flexibility index (Phi) is 9.75. The Balaban J connectivity index is 0.000000271. The van der Waals surface area contributed by atoms with Gasteiger partial charge in [-0.1, -0.05) is 11.2 Å². The van der Waals surface area contributed by atoms with E-state index in [1.165, 1.54) is 0 Å². The number of halogens is 6. The van der Waals surface area contributed by atoms with E-state index in [1.807, 2.05) is 25.3 Å². The average molecular weight is 528 g/mol. The first-order valence-electron chi connectivity index (χ1n) is 10.3. The molecule has 36 heavy (non-hydrogen) atoms. The van der Waals surface area contributed by atoms with Crippen LogP contribution in [0, 0.1) is 6.92 Å². The van der Waals surface area contributed by atoms with Gasteiger partial charge >= 0.3 is 24.3 Å². The van der Waals surface area contributed by atoms with Crippen molar-refractivity contribution in [3.63, 3.8) is 0 Å². The van der Waals surface area contributed by atoms with Gasteiger partial charge in [0.05, 0.1) is 17.7 Å².